The lowest BCUT2D eigenvalue weighted by atomic mass is 9.58. The van der Waals surface area contributed by atoms with Crippen LogP contribution in [0.25, 0.3) is 0 Å². The number of fused-ring (bicyclic) bond motifs is 1. The summed E-state index contributed by atoms with van der Waals surface area (Å²) < 4.78 is 0. The maximum absolute atomic E-state index is 11.0. The fourth-order valence-corrected chi connectivity index (χ4v) is 3.45. The molecule has 2 aliphatic carbocycles. The van der Waals surface area contributed by atoms with Gasteiger partial charge in [0.25, 0.3) is 0 Å². The summed E-state index contributed by atoms with van der Waals surface area (Å²) in [5, 5.41) is 29.3. The predicted molar refractivity (Wildman–Crippen MR) is 71.5 cm³/mol. The van der Waals surface area contributed by atoms with Gasteiger partial charge in [-0.25, -0.2) is 4.79 Å². The Morgan fingerprint density at radius 1 is 1.47 bits per heavy atom. The average molecular weight is 266 g/mol. The normalized spacial score (nSPS) is 42.2. The van der Waals surface area contributed by atoms with E-state index in [2.05, 4.69) is 6.58 Å². The molecule has 0 saturated heterocycles. The fourth-order valence-electron chi connectivity index (χ4n) is 3.45. The first kappa shape index (κ1) is 14.3. The molecular formula is C15H22O4. The maximum atomic E-state index is 11.0. The minimum Gasteiger partial charge on any atom is -0.478 e. The average Bonchev–Trinajstić information content (AvgIpc) is 2.35. The molecule has 2 rings (SSSR count). The van der Waals surface area contributed by atoms with E-state index in [0.717, 1.165) is 12.0 Å². The van der Waals surface area contributed by atoms with Crippen LogP contribution >= 0.6 is 0 Å². The van der Waals surface area contributed by atoms with Gasteiger partial charge in [0.05, 0.1) is 12.2 Å². The Hall–Kier alpha value is -1.13. The molecule has 4 heteroatoms. The summed E-state index contributed by atoms with van der Waals surface area (Å²) in [5.74, 6) is -1.21. The summed E-state index contributed by atoms with van der Waals surface area (Å²) >= 11 is 0. The highest BCUT2D eigenvalue weighted by molar-refractivity contribution is 5.86. The Morgan fingerprint density at radius 3 is 2.68 bits per heavy atom. The highest BCUT2D eigenvalue weighted by atomic mass is 16.4. The maximum Gasteiger partial charge on any atom is 0.331 e. The first-order valence-corrected chi connectivity index (χ1v) is 6.77. The number of carboxylic acids is 1. The molecule has 0 spiro atoms. The van der Waals surface area contributed by atoms with Gasteiger partial charge in [-0.2, -0.15) is 0 Å². The number of carbonyl (C=O) groups is 1. The van der Waals surface area contributed by atoms with Crippen molar-refractivity contribution >= 4 is 5.97 Å². The third kappa shape index (κ3) is 2.23. The van der Waals surface area contributed by atoms with Crippen LogP contribution in [0.15, 0.2) is 23.8 Å². The van der Waals surface area contributed by atoms with Crippen LogP contribution in [0.5, 0.6) is 0 Å². The summed E-state index contributed by atoms with van der Waals surface area (Å²) in [6.07, 6.45) is 2.59. The number of rotatable bonds is 2. The van der Waals surface area contributed by atoms with Crippen LogP contribution in [-0.2, 0) is 4.79 Å². The second-order valence-electron chi connectivity index (χ2n) is 6.12. The SMILES string of the molecule is C=C(C(=O)O)[C@H]1C=C2[C@@H](C)[C@H](O)C[C@@H](O)[C@]2(C)CC1. The van der Waals surface area contributed by atoms with Crippen LogP contribution in [0.1, 0.15) is 33.1 Å². The van der Waals surface area contributed by atoms with E-state index >= 15 is 0 Å². The molecule has 0 radical (unpaired) electrons. The van der Waals surface area contributed by atoms with Crippen molar-refractivity contribution in [1.82, 2.24) is 0 Å². The van der Waals surface area contributed by atoms with Crippen molar-refractivity contribution in [3.63, 3.8) is 0 Å². The van der Waals surface area contributed by atoms with Gasteiger partial charge >= 0.3 is 5.97 Å². The number of aliphatic carboxylic acids is 1. The number of aliphatic hydroxyl groups excluding tert-OH is 2. The van der Waals surface area contributed by atoms with Crippen LogP contribution in [0.4, 0.5) is 0 Å². The third-order valence-corrected chi connectivity index (χ3v) is 5.01. The van der Waals surface area contributed by atoms with E-state index in [4.69, 9.17) is 5.11 Å². The van der Waals surface area contributed by atoms with Crippen molar-refractivity contribution in [3.05, 3.63) is 23.8 Å². The summed E-state index contributed by atoms with van der Waals surface area (Å²) in [5.41, 5.74) is 0.835. The number of carboxylic acid groups (broad SMARTS) is 1. The first-order chi connectivity index (χ1) is 8.77. The summed E-state index contributed by atoms with van der Waals surface area (Å²) in [7, 11) is 0. The molecule has 4 nitrogen and oxygen atoms in total. The molecule has 0 aromatic rings. The molecule has 1 fully saturated rings. The predicted octanol–water partition coefficient (Wildman–Crippen LogP) is 1.73. The molecule has 0 unspecified atom stereocenters. The Kier molecular flexibility index (Phi) is 3.58. The molecule has 0 bridgehead atoms. The molecule has 0 heterocycles. The van der Waals surface area contributed by atoms with Crippen LogP contribution in [0.3, 0.4) is 0 Å². The highest BCUT2D eigenvalue weighted by Crippen LogP contribution is 2.51. The van der Waals surface area contributed by atoms with E-state index in [9.17, 15) is 15.0 Å². The lowest BCUT2D eigenvalue weighted by molar-refractivity contribution is -0.133. The largest absolute Gasteiger partial charge is 0.478 e. The molecular weight excluding hydrogens is 244 g/mol. The van der Waals surface area contributed by atoms with Gasteiger partial charge < -0.3 is 15.3 Å². The molecule has 3 N–H and O–H groups in total. The standard InChI is InChI=1S/C15H22O4/c1-8(14(18)19)10-4-5-15(3)11(6-10)9(2)12(16)7-13(15)17/h6,9-10,12-13,16-17H,1,4-5,7H2,2-3H3,(H,18,19)/t9-,10-,12-,13-,15-/m1/s1. The minimum atomic E-state index is -0.977. The lowest BCUT2D eigenvalue weighted by Gasteiger charge is -2.49. The molecule has 5 atom stereocenters. The number of hydrogen-bond donors (Lipinski definition) is 3. The summed E-state index contributed by atoms with van der Waals surface area (Å²) in [4.78, 5) is 11.0. The van der Waals surface area contributed by atoms with Crippen LogP contribution in [0.2, 0.25) is 0 Å². The Bertz CT molecular complexity index is 439. The Morgan fingerprint density at radius 2 is 2.11 bits per heavy atom. The van der Waals surface area contributed by atoms with Gasteiger partial charge in [-0.3, -0.25) is 0 Å². The van der Waals surface area contributed by atoms with Crippen LogP contribution < -0.4 is 0 Å². The van der Waals surface area contributed by atoms with Gasteiger partial charge in [-0.15, -0.1) is 0 Å². The van der Waals surface area contributed by atoms with E-state index in [0.29, 0.717) is 12.8 Å². The van der Waals surface area contributed by atoms with Gasteiger partial charge in [0, 0.05) is 29.2 Å². The van der Waals surface area contributed by atoms with Crippen molar-refractivity contribution < 1.29 is 20.1 Å². The zero-order chi connectivity index (χ0) is 14.4. The van der Waals surface area contributed by atoms with E-state index in [1.807, 2.05) is 19.9 Å². The highest BCUT2D eigenvalue weighted by Gasteiger charge is 2.48. The van der Waals surface area contributed by atoms with Crippen molar-refractivity contribution in [1.29, 1.82) is 0 Å². The topological polar surface area (TPSA) is 77.8 Å². The van der Waals surface area contributed by atoms with E-state index in [1.165, 1.54) is 0 Å². The summed E-state index contributed by atoms with van der Waals surface area (Å²) in [6.45, 7) is 7.57. The number of hydrogen-bond acceptors (Lipinski definition) is 3. The lowest BCUT2D eigenvalue weighted by Crippen LogP contribution is -2.48. The van der Waals surface area contributed by atoms with Gasteiger partial charge in [-0.1, -0.05) is 32.1 Å². The second kappa shape index (κ2) is 4.76. The summed E-state index contributed by atoms with van der Waals surface area (Å²) in [6, 6.07) is 0. The second-order valence-corrected chi connectivity index (χ2v) is 6.12. The Labute approximate surface area is 113 Å². The molecule has 106 valence electrons. The fraction of sp³-hybridized carbons (Fsp3) is 0.667. The van der Waals surface area contributed by atoms with Crippen molar-refractivity contribution in [2.75, 3.05) is 0 Å². The monoisotopic (exact) mass is 266 g/mol. The molecule has 0 aromatic carbocycles. The number of aliphatic hydroxyl groups is 2. The molecule has 19 heavy (non-hydrogen) atoms. The molecule has 1 saturated carbocycles. The van der Waals surface area contributed by atoms with Crippen molar-refractivity contribution in [2.45, 2.75) is 45.3 Å². The molecule has 0 amide bonds. The Balaban J connectivity index is 2.37. The molecule has 0 aromatic heterocycles. The van der Waals surface area contributed by atoms with Crippen LogP contribution in [-0.4, -0.2) is 33.5 Å². The molecule has 0 aliphatic heterocycles. The van der Waals surface area contributed by atoms with Gasteiger partial charge in [0.1, 0.15) is 0 Å². The van der Waals surface area contributed by atoms with E-state index in [1.54, 1.807) is 0 Å². The van der Waals surface area contributed by atoms with E-state index in [-0.39, 0.29) is 22.8 Å². The van der Waals surface area contributed by atoms with Crippen molar-refractivity contribution in [3.8, 4) is 0 Å². The zero-order valence-electron chi connectivity index (χ0n) is 11.5. The van der Waals surface area contributed by atoms with Gasteiger partial charge in [0.15, 0.2) is 0 Å². The molecule has 2 aliphatic rings. The minimum absolute atomic E-state index is 0.0437. The zero-order valence-corrected chi connectivity index (χ0v) is 11.5. The van der Waals surface area contributed by atoms with Crippen LogP contribution in [0, 0.1) is 17.3 Å². The first-order valence-electron chi connectivity index (χ1n) is 6.77. The van der Waals surface area contributed by atoms with Crippen molar-refractivity contribution in [2.24, 2.45) is 17.3 Å². The number of allylic oxidation sites excluding steroid dienone is 1. The smallest absolute Gasteiger partial charge is 0.331 e. The van der Waals surface area contributed by atoms with Gasteiger partial charge in [-0.05, 0) is 12.8 Å². The quantitative estimate of drug-likeness (QED) is 0.525. The van der Waals surface area contributed by atoms with Gasteiger partial charge in [0.2, 0.25) is 0 Å². The third-order valence-electron chi connectivity index (χ3n) is 5.01. The van der Waals surface area contributed by atoms with E-state index < -0.39 is 18.2 Å².